The van der Waals surface area contributed by atoms with Crippen molar-refractivity contribution >= 4 is 17.2 Å². The first-order valence-electron chi connectivity index (χ1n) is 7.12. The van der Waals surface area contributed by atoms with Crippen molar-refractivity contribution in [2.45, 2.75) is 51.2 Å². The second-order valence-electron chi connectivity index (χ2n) is 6.33. The zero-order valence-electron chi connectivity index (χ0n) is 12.4. The van der Waals surface area contributed by atoms with E-state index in [0.29, 0.717) is 6.54 Å². The zero-order valence-corrected chi connectivity index (χ0v) is 13.3. The monoisotopic (exact) mass is 296 g/mol. The van der Waals surface area contributed by atoms with E-state index in [1.807, 2.05) is 6.07 Å². The number of primary amides is 1. The highest BCUT2D eigenvalue weighted by Gasteiger charge is 2.24. The highest BCUT2D eigenvalue weighted by Crippen LogP contribution is 2.32. The van der Waals surface area contributed by atoms with Gasteiger partial charge in [-0.25, -0.2) is 0 Å². The fraction of sp³-hybridized carbons (Fsp3) is 0.667. The summed E-state index contributed by atoms with van der Waals surface area (Å²) >= 11 is 1.65. The Kier molecular flexibility index (Phi) is 4.83. The van der Waals surface area contributed by atoms with Crippen molar-refractivity contribution in [3.8, 4) is 0 Å². The van der Waals surface area contributed by atoms with Gasteiger partial charge >= 0.3 is 0 Å². The lowest BCUT2D eigenvalue weighted by molar-refractivity contribution is -0.120. The number of thiophene rings is 1. The van der Waals surface area contributed by atoms with Crippen LogP contribution < -0.4 is 11.1 Å². The van der Waals surface area contributed by atoms with Crippen molar-refractivity contribution in [3.05, 3.63) is 21.9 Å². The van der Waals surface area contributed by atoms with E-state index in [2.05, 4.69) is 32.2 Å². The summed E-state index contributed by atoms with van der Waals surface area (Å²) in [6, 6.07) is 3.67. The Morgan fingerprint density at radius 1 is 1.55 bits per heavy atom. The molecule has 1 aromatic heterocycles. The van der Waals surface area contributed by atoms with Crippen LogP contribution in [0.25, 0.3) is 0 Å². The van der Waals surface area contributed by atoms with Crippen LogP contribution in [0.2, 0.25) is 0 Å². The lowest BCUT2D eigenvalue weighted by Gasteiger charge is -2.18. The zero-order chi connectivity index (χ0) is 14.8. The molecule has 1 aromatic rings. The minimum atomic E-state index is -0.416. The van der Waals surface area contributed by atoms with Crippen LogP contribution in [-0.2, 0) is 14.9 Å². The summed E-state index contributed by atoms with van der Waals surface area (Å²) in [7, 11) is 0. The maximum absolute atomic E-state index is 11.7. The van der Waals surface area contributed by atoms with Crippen LogP contribution in [-0.4, -0.2) is 25.2 Å². The molecule has 5 heteroatoms. The summed E-state index contributed by atoms with van der Waals surface area (Å²) in [5, 5.41) is 3.25. The van der Waals surface area contributed by atoms with Crippen molar-refractivity contribution < 1.29 is 9.53 Å². The molecular formula is C15H24N2O2S. The normalized spacial score (nSPS) is 21.1. The number of rotatable bonds is 5. The molecule has 112 valence electrons. The molecule has 1 amide bonds. The molecule has 1 saturated heterocycles. The summed E-state index contributed by atoms with van der Waals surface area (Å²) in [4.78, 5) is 13.9. The van der Waals surface area contributed by atoms with E-state index < -0.39 is 6.04 Å². The number of hydrogen-bond donors (Lipinski definition) is 2. The molecule has 0 aromatic carbocycles. The van der Waals surface area contributed by atoms with E-state index in [1.165, 1.54) is 4.88 Å². The first-order chi connectivity index (χ1) is 9.38. The van der Waals surface area contributed by atoms with E-state index in [0.717, 1.165) is 24.3 Å². The Bertz CT molecular complexity index is 459. The lowest BCUT2D eigenvalue weighted by atomic mass is 9.95. The fourth-order valence-electron chi connectivity index (χ4n) is 2.31. The van der Waals surface area contributed by atoms with E-state index in [9.17, 15) is 4.79 Å². The van der Waals surface area contributed by atoms with Crippen LogP contribution in [0.5, 0.6) is 0 Å². The van der Waals surface area contributed by atoms with Crippen molar-refractivity contribution in [1.29, 1.82) is 0 Å². The topological polar surface area (TPSA) is 64.3 Å². The summed E-state index contributed by atoms with van der Waals surface area (Å²) < 4.78 is 5.57. The van der Waals surface area contributed by atoms with Crippen LogP contribution in [0.1, 0.15) is 49.4 Å². The fourth-order valence-corrected chi connectivity index (χ4v) is 3.46. The third kappa shape index (κ3) is 3.81. The number of nitrogens with one attached hydrogen (secondary N) is 1. The van der Waals surface area contributed by atoms with Crippen LogP contribution in [0.4, 0.5) is 0 Å². The largest absolute Gasteiger partial charge is 0.377 e. The molecule has 0 aliphatic carbocycles. The van der Waals surface area contributed by atoms with E-state index in [4.69, 9.17) is 10.5 Å². The predicted molar refractivity (Wildman–Crippen MR) is 81.9 cm³/mol. The number of carbonyl (C=O) groups excluding carboxylic acids is 1. The molecular weight excluding hydrogens is 272 g/mol. The van der Waals surface area contributed by atoms with Gasteiger partial charge in [-0.05, 0) is 30.4 Å². The molecule has 2 atom stereocenters. The van der Waals surface area contributed by atoms with Gasteiger partial charge in [0.2, 0.25) is 5.91 Å². The molecule has 0 radical (unpaired) electrons. The Labute approximate surface area is 124 Å². The van der Waals surface area contributed by atoms with Gasteiger partial charge < -0.3 is 10.5 Å². The van der Waals surface area contributed by atoms with Gasteiger partial charge in [-0.1, -0.05) is 20.8 Å². The van der Waals surface area contributed by atoms with Gasteiger partial charge in [0.25, 0.3) is 0 Å². The Hall–Kier alpha value is -0.910. The van der Waals surface area contributed by atoms with Crippen molar-refractivity contribution in [2.24, 2.45) is 5.73 Å². The van der Waals surface area contributed by atoms with Gasteiger partial charge in [0.05, 0.1) is 6.10 Å². The smallest absolute Gasteiger partial charge is 0.239 e. The van der Waals surface area contributed by atoms with Gasteiger partial charge in [-0.2, -0.15) is 0 Å². The minimum absolute atomic E-state index is 0.0969. The van der Waals surface area contributed by atoms with Crippen molar-refractivity contribution in [3.63, 3.8) is 0 Å². The van der Waals surface area contributed by atoms with E-state index in [-0.39, 0.29) is 17.4 Å². The third-order valence-electron chi connectivity index (χ3n) is 3.51. The van der Waals surface area contributed by atoms with Crippen LogP contribution in [0.15, 0.2) is 12.1 Å². The number of hydrogen-bond acceptors (Lipinski definition) is 4. The highest BCUT2D eigenvalue weighted by molar-refractivity contribution is 7.12. The highest BCUT2D eigenvalue weighted by atomic mass is 32.1. The number of carbonyl (C=O) groups is 1. The molecule has 2 rings (SSSR count). The Morgan fingerprint density at radius 2 is 2.30 bits per heavy atom. The van der Waals surface area contributed by atoms with E-state index in [1.54, 1.807) is 11.3 Å². The summed E-state index contributed by atoms with van der Waals surface area (Å²) in [5.74, 6) is -0.328. The van der Waals surface area contributed by atoms with Gasteiger partial charge in [-0.15, -0.1) is 11.3 Å². The SMILES string of the molecule is CC(C)(C)c1ccc(C(NCC2CCCO2)C(N)=O)s1. The van der Waals surface area contributed by atoms with Gasteiger partial charge in [-0.3, -0.25) is 10.1 Å². The molecule has 1 fully saturated rings. The van der Waals surface area contributed by atoms with Crippen molar-refractivity contribution in [1.82, 2.24) is 5.32 Å². The lowest BCUT2D eigenvalue weighted by Crippen LogP contribution is -2.37. The van der Waals surface area contributed by atoms with E-state index >= 15 is 0 Å². The van der Waals surface area contributed by atoms with Crippen LogP contribution >= 0.6 is 11.3 Å². The summed E-state index contributed by atoms with van der Waals surface area (Å²) in [6.07, 6.45) is 2.36. The van der Waals surface area contributed by atoms with Crippen LogP contribution in [0, 0.1) is 0 Å². The third-order valence-corrected chi connectivity index (χ3v) is 5.08. The molecule has 3 N–H and O–H groups in total. The first kappa shape index (κ1) is 15.5. The average molecular weight is 296 g/mol. The molecule has 1 aliphatic heterocycles. The number of nitrogens with two attached hydrogens (primary N) is 1. The molecule has 2 heterocycles. The maximum atomic E-state index is 11.7. The molecule has 0 bridgehead atoms. The summed E-state index contributed by atoms with van der Waals surface area (Å²) in [5.41, 5.74) is 5.63. The molecule has 2 unspecified atom stereocenters. The molecule has 1 aliphatic rings. The minimum Gasteiger partial charge on any atom is -0.377 e. The standard InChI is InChI=1S/C15H24N2O2S/c1-15(2,3)12-7-6-11(20-12)13(14(16)18)17-9-10-5-4-8-19-10/h6-7,10,13,17H,4-5,8-9H2,1-3H3,(H2,16,18). The molecule has 0 saturated carbocycles. The second-order valence-corrected chi connectivity index (χ2v) is 7.45. The second kappa shape index (κ2) is 6.24. The Balaban J connectivity index is 2.04. The Morgan fingerprint density at radius 3 is 2.80 bits per heavy atom. The van der Waals surface area contributed by atoms with Crippen molar-refractivity contribution in [2.75, 3.05) is 13.2 Å². The predicted octanol–water partition coefficient (Wildman–Crippen LogP) is 2.34. The number of amides is 1. The molecule has 4 nitrogen and oxygen atoms in total. The van der Waals surface area contributed by atoms with Gasteiger partial charge in [0.1, 0.15) is 6.04 Å². The van der Waals surface area contributed by atoms with Gasteiger partial charge in [0.15, 0.2) is 0 Å². The van der Waals surface area contributed by atoms with Gasteiger partial charge in [0, 0.05) is 22.9 Å². The van der Waals surface area contributed by atoms with Crippen LogP contribution in [0.3, 0.4) is 0 Å². The average Bonchev–Trinajstić information content (AvgIpc) is 2.97. The summed E-state index contributed by atoms with van der Waals surface area (Å²) in [6.45, 7) is 8.00. The molecule has 20 heavy (non-hydrogen) atoms. The number of ether oxygens (including phenoxy) is 1. The first-order valence-corrected chi connectivity index (χ1v) is 7.94. The maximum Gasteiger partial charge on any atom is 0.239 e. The molecule has 0 spiro atoms. The quantitative estimate of drug-likeness (QED) is 0.876.